The van der Waals surface area contributed by atoms with E-state index >= 15 is 0 Å². The maximum atomic E-state index is 14.5. The van der Waals surface area contributed by atoms with Crippen LogP contribution in [0.2, 0.25) is 0 Å². The Hall–Kier alpha value is -2.31. The molecule has 1 saturated heterocycles. The number of primary amides is 1. The number of nitrogens with zero attached hydrogens (tertiary/aromatic N) is 2. The van der Waals surface area contributed by atoms with Gasteiger partial charge in [0.1, 0.15) is 5.82 Å². The van der Waals surface area contributed by atoms with Gasteiger partial charge in [0, 0.05) is 37.4 Å². The second-order valence-corrected chi connectivity index (χ2v) is 6.28. The van der Waals surface area contributed by atoms with Gasteiger partial charge in [0.05, 0.1) is 12.0 Å². The zero-order valence-electron chi connectivity index (χ0n) is 13.8. The Morgan fingerprint density at radius 2 is 1.92 bits per heavy atom. The molecule has 1 aromatic rings. The highest BCUT2D eigenvalue weighted by atomic mass is 19.1. The maximum Gasteiger partial charge on any atom is 0.409 e. The summed E-state index contributed by atoms with van der Waals surface area (Å²) in [4.78, 5) is 26.9. The fraction of sp³-hybridized carbons (Fsp3) is 0.529. The molecule has 2 amide bonds. The lowest BCUT2D eigenvalue weighted by Gasteiger charge is -2.35. The zero-order valence-corrected chi connectivity index (χ0v) is 13.8. The molecule has 1 saturated carbocycles. The van der Waals surface area contributed by atoms with Gasteiger partial charge in [-0.3, -0.25) is 4.79 Å². The molecule has 1 aromatic carbocycles. The number of amides is 2. The summed E-state index contributed by atoms with van der Waals surface area (Å²) in [6, 6.07) is 4.94. The van der Waals surface area contributed by atoms with Crippen molar-refractivity contribution in [1.82, 2.24) is 4.90 Å². The standard InChI is InChI=1S/C17H22FN3O3/c1-2-24-16(23)21-9-7-20(8-10-21)12-3-4-13(14(18)11-12)17(5-6-17)15(19)22/h3-4,11H,2,5-10H2,1H3,(H2,19,22). The third-order valence-corrected chi connectivity index (χ3v) is 4.86. The first-order chi connectivity index (χ1) is 11.5. The molecule has 0 unspecified atom stereocenters. The van der Waals surface area contributed by atoms with E-state index in [0.29, 0.717) is 51.2 Å². The van der Waals surface area contributed by atoms with Crippen LogP contribution in [0, 0.1) is 5.82 Å². The summed E-state index contributed by atoms with van der Waals surface area (Å²) in [5.74, 6) is -0.853. The number of hydrogen-bond acceptors (Lipinski definition) is 4. The summed E-state index contributed by atoms with van der Waals surface area (Å²) in [7, 11) is 0. The number of anilines is 1. The predicted octanol–water partition coefficient (Wildman–Crippen LogP) is 1.62. The van der Waals surface area contributed by atoms with Crippen molar-refractivity contribution in [3.63, 3.8) is 0 Å². The quantitative estimate of drug-likeness (QED) is 0.907. The first-order valence-electron chi connectivity index (χ1n) is 8.24. The highest BCUT2D eigenvalue weighted by Crippen LogP contribution is 2.49. The smallest absolute Gasteiger partial charge is 0.409 e. The van der Waals surface area contributed by atoms with Crippen LogP contribution in [0.4, 0.5) is 14.9 Å². The summed E-state index contributed by atoms with van der Waals surface area (Å²) in [6.45, 7) is 4.42. The summed E-state index contributed by atoms with van der Waals surface area (Å²) in [5, 5.41) is 0. The van der Waals surface area contributed by atoms with Gasteiger partial charge in [-0.15, -0.1) is 0 Å². The molecule has 7 heteroatoms. The number of rotatable bonds is 4. The molecule has 1 heterocycles. The van der Waals surface area contributed by atoms with E-state index in [0.717, 1.165) is 5.69 Å². The molecule has 0 bridgehead atoms. The monoisotopic (exact) mass is 335 g/mol. The van der Waals surface area contributed by atoms with Crippen LogP contribution in [0.5, 0.6) is 0 Å². The fourth-order valence-corrected chi connectivity index (χ4v) is 3.22. The molecule has 0 atom stereocenters. The number of ether oxygens (including phenoxy) is 1. The van der Waals surface area contributed by atoms with Gasteiger partial charge in [0.15, 0.2) is 0 Å². The first-order valence-corrected chi connectivity index (χ1v) is 8.24. The highest BCUT2D eigenvalue weighted by Gasteiger charge is 2.51. The highest BCUT2D eigenvalue weighted by molar-refractivity contribution is 5.90. The Labute approximate surface area is 140 Å². The van der Waals surface area contributed by atoms with Gasteiger partial charge in [-0.1, -0.05) is 6.07 Å². The van der Waals surface area contributed by atoms with Crippen LogP contribution in [0.15, 0.2) is 18.2 Å². The third kappa shape index (κ3) is 2.90. The number of hydrogen-bond donors (Lipinski definition) is 1. The summed E-state index contributed by atoms with van der Waals surface area (Å²) < 4.78 is 19.5. The van der Waals surface area contributed by atoms with Crippen molar-refractivity contribution >= 4 is 17.7 Å². The summed E-state index contributed by atoms with van der Waals surface area (Å²) in [6.07, 6.45) is 0.906. The van der Waals surface area contributed by atoms with E-state index in [9.17, 15) is 14.0 Å². The van der Waals surface area contributed by atoms with Crippen LogP contribution in [-0.2, 0) is 14.9 Å². The summed E-state index contributed by atoms with van der Waals surface area (Å²) in [5.41, 5.74) is 5.75. The van der Waals surface area contributed by atoms with Gasteiger partial charge >= 0.3 is 6.09 Å². The fourth-order valence-electron chi connectivity index (χ4n) is 3.22. The number of carbonyl (C=O) groups excluding carboxylic acids is 2. The van der Waals surface area contributed by atoms with Gasteiger partial charge < -0.3 is 20.3 Å². The molecule has 2 aliphatic rings. The minimum Gasteiger partial charge on any atom is -0.450 e. The lowest BCUT2D eigenvalue weighted by atomic mass is 9.94. The first kappa shape index (κ1) is 16.5. The lowest BCUT2D eigenvalue weighted by molar-refractivity contribution is -0.120. The minimum absolute atomic E-state index is 0.309. The van der Waals surface area contributed by atoms with Crippen molar-refractivity contribution in [1.29, 1.82) is 0 Å². The van der Waals surface area contributed by atoms with Crippen LogP contribution in [-0.4, -0.2) is 49.7 Å². The van der Waals surface area contributed by atoms with Crippen molar-refractivity contribution in [2.24, 2.45) is 5.73 Å². The van der Waals surface area contributed by atoms with E-state index in [1.54, 1.807) is 17.9 Å². The molecule has 1 aliphatic carbocycles. The van der Waals surface area contributed by atoms with Gasteiger partial charge in [0.2, 0.25) is 5.91 Å². The van der Waals surface area contributed by atoms with Gasteiger partial charge in [-0.25, -0.2) is 9.18 Å². The molecule has 0 radical (unpaired) electrons. The number of benzene rings is 1. The molecule has 2 N–H and O–H groups in total. The Morgan fingerprint density at radius 3 is 2.42 bits per heavy atom. The molecule has 3 rings (SSSR count). The second-order valence-electron chi connectivity index (χ2n) is 6.28. The van der Waals surface area contributed by atoms with Gasteiger partial charge in [-0.05, 0) is 31.9 Å². The van der Waals surface area contributed by atoms with Crippen molar-refractivity contribution in [2.75, 3.05) is 37.7 Å². The molecule has 0 aromatic heterocycles. The molecule has 130 valence electrons. The number of piperazine rings is 1. The number of halogens is 1. The zero-order chi connectivity index (χ0) is 17.3. The van der Waals surface area contributed by atoms with Crippen LogP contribution >= 0.6 is 0 Å². The van der Waals surface area contributed by atoms with Crippen LogP contribution in [0.1, 0.15) is 25.3 Å². The predicted molar refractivity (Wildman–Crippen MR) is 87.3 cm³/mol. The van der Waals surface area contributed by atoms with Crippen molar-refractivity contribution in [3.8, 4) is 0 Å². The van der Waals surface area contributed by atoms with Crippen molar-refractivity contribution in [2.45, 2.75) is 25.2 Å². The average molecular weight is 335 g/mol. The van der Waals surface area contributed by atoms with Crippen LogP contribution in [0.25, 0.3) is 0 Å². The normalized spacial score (nSPS) is 19.1. The van der Waals surface area contributed by atoms with E-state index in [2.05, 4.69) is 0 Å². The Kier molecular flexibility index (Phi) is 4.34. The summed E-state index contributed by atoms with van der Waals surface area (Å²) >= 11 is 0. The molecular formula is C17H22FN3O3. The lowest BCUT2D eigenvalue weighted by Crippen LogP contribution is -2.49. The third-order valence-electron chi connectivity index (χ3n) is 4.86. The average Bonchev–Trinajstić information content (AvgIpc) is 3.37. The van der Waals surface area contributed by atoms with Gasteiger partial charge in [-0.2, -0.15) is 0 Å². The second kappa shape index (κ2) is 6.30. The van der Waals surface area contributed by atoms with Crippen LogP contribution < -0.4 is 10.6 Å². The molecule has 1 aliphatic heterocycles. The maximum absolute atomic E-state index is 14.5. The SMILES string of the molecule is CCOC(=O)N1CCN(c2ccc(C3(C(N)=O)CC3)c(F)c2)CC1. The molecule has 24 heavy (non-hydrogen) atoms. The van der Waals surface area contributed by atoms with Crippen LogP contribution in [0.3, 0.4) is 0 Å². The van der Waals surface area contributed by atoms with Gasteiger partial charge in [0.25, 0.3) is 0 Å². The molecule has 2 fully saturated rings. The molecular weight excluding hydrogens is 313 g/mol. The Morgan fingerprint density at radius 1 is 1.25 bits per heavy atom. The van der Waals surface area contributed by atoms with E-state index in [1.807, 2.05) is 11.0 Å². The van der Waals surface area contributed by atoms with Crippen molar-refractivity contribution < 1.29 is 18.7 Å². The topological polar surface area (TPSA) is 75.9 Å². The van der Waals surface area contributed by atoms with E-state index in [4.69, 9.17) is 10.5 Å². The molecule has 0 spiro atoms. The Bertz CT molecular complexity index is 652. The van der Waals surface area contributed by atoms with E-state index < -0.39 is 17.1 Å². The minimum atomic E-state index is -0.814. The molecule has 6 nitrogen and oxygen atoms in total. The van der Waals surface area contributed by atoms with E-state index in [-0.39, 0.29) is 6.09 Å². The number of nitrogens with two attached hydrogens (primary N) is 1. The van der Waals surface area contributed by atoms with E-state index in [1.165, 1.54) is 6.07 Å². The van der Waals surface area contributed by atoms with Crippen molar-refractivity contribution in [3.05, 3.63) is 29.6 Å². The largest absolute Gasteiger partial charge is 0.450 e. The Balaban J connectivity index is 1.68. The number of carbonyl (C=O) groups is 2.